The predicted molar refractivity (Wildman–Crippen MR) is 107 cm³/mol. The van der Waals surface area contributed by atoms with Crippen molar-refractivity contribution in [3.63, 3.8) is 0 Å². The third-order valence-corrected chi connectivity index (χ3v) is 9.93. The van der Waals surface area contributed by atoms with E-state index in [0.717, 1.165) is 0 Å². The van der Waals surface area contributed by atoms with Crippen LogP contribution in [0.1, 0.15) is 59.1 Å². The molecule has 0 atom stereocenters. The first kappa shape index (κ1) is 21.3. The maximum absolute atomic E-state index is 13.3. The summed E-state index contributed by atoms with van der Waals surface area (Å²) in [6.45, 7) is 2.75. The summed E-state index contributed by atoms with van der Waals surface area (Å²) >= 11 is 0. The Balaban J connectivity index is 1.57. The number of sulfone groups is 1. The molecule has 2 amide bonds. The normalized spacial score (nSPS) is 21.4. The van der Waals surface area contributed by atoms with Crippen molar-refractivity contribution in [3.05, 3.63) is 17.0 Å². The highest BCUT2D eigenvalue weighted by Gasteiger charge is 2.65. The van der Waals surface area contributed by atoms with Crippen LogP contribution in [-0.4, -0.2) is 82.4 Å². The Morgan fingerprint density at radius 2 is 1.97 bits per heavy atom. The Bertz CT molecular complexity index is 977. The number of aliphatic hydroxyl groups excluding tert-OH is 1. The van der Waals surface area contributed by atoms with Crippen LogP contribution >= 0.6 is 0 Å². The number of ether oxygens (including phenoxy) is 1. The summed E-state index contributed by atoms with van der Waals surface area (Å²) in [4.78, 5) is 26.7. The van der Waals surface area contributed by atoms with Gasteiger partial charge in [-0.15, -0.1) is 0 Å². The number of amides is 2. The van der Waals surface area contributed by atoms with E-state index in [1.807, 2.05) is 0 Å². The smallest absolute Gasteiger partial charge is 0.272 e. The van der Waals surface area contributed by atoms with E-state index in [9.17, 15) is 18.0 Å². The molecular weight excluding hydrogens is 412 g/mol. The molecule has 2 aliphatic carbocycles. The van der Waals surface area contributed by atoms with Gasteiger partial charge in [0.15, 0.2) is 15.5 Å². The van der Waals surface area contributed by atoms with Gasteiger partial charge in [0.25, 0.3) is 11.8 Å². The molecule has 0 bridgehead atoms. The minimum atomic E-state index is -3.33. The minimum Gasteiger partial charge on any atom is -0.394 e. The third-order valence-electron chi connectivity index (χ3n) is 6.55. The summed E-state index contributed by atoms with van der Waals surface area (Å²) < 4.78 is 31.4. The Morgan fingerprint density at radius 3 is 2.53 bits per heavy atom. The van der Waals surface area contributed by atoms with E-state index in [2.05, 4.69) is 5.10 Å². The highest BCUT2D eigenvalue weighted by Crippen LogP contribution is 2.56. The summed E-state index contributed by atoms with van der Waals surface area (Å²) in [5.41, 5.74) is 6.30. The molecular formula is C19H28N4O6S. The average Bonchev–Trinajstić information content (AvgIpc) is 3.60. The molecule has 0 unspecified atom stereocenters. The lowest BCUT2D eigenvalue weighted by molar-refractivity contribution is 0.0701. The van der Waals surface area contributed by atoms with E-state index in [4.69, 9.17) is 15.6 Å². The Kier molecular flexibility index (Phi) is 5.18. The molecule has 4 rings (SSSR count). The SMILES string of the molecule is CC1(S(=O)(=O)C2(CN3CCc4c(C(N)=O)nn(CCOCCO)c4C3=O)CC2)CC1. The van der Waals surface area contributed by atoms with Gasteiger partial charge in [0, 0.05) is 18.7 Å². The molecule has 11 heteroatoms. The zero-order valence-corrected chi connectivity index (χ0v) is 17.9. The number of hydrogen-bond acceptors (Lipinski definition) is 7. The number of carbonyl (C=O) groups is 2. The number of carbonyl (C=O) groups excluding carboxylic acids is 2. The van der Waals surface area contributed by atoms with Crippen LogP contribution in [0.3, 0.4) is 0 Å². The van der Waals surface area contributed by atoms with E-state index >= 15 is 0 Å². The van der Waals surface area contributed by atoms with Crippen LogP contribution in [0.15, 0.2) is 0 Å². The number of rotatable bonds is 10. The van der Waals surface area contributed by atoms with Gasteiger partial charge in [-0.3, -0.25) is 14.3 Å². The van der Waals surface area contributed by atoms with Crippen LogP contribution < -0.4 is 5.73 Å². The number of nitrogens with zero attached hydrogens (tertiary/aromatic N) is 3. The van der Waals surface area contributed by atoms with Crippen LogP contribution in [0.25, 0.3) is 0 Å². The van der Waals surface area contributed by atoms with Crippen molar-refractivity contribution in [2.75, 3.05) is 32.9 Å². The highest BCUT2D eigenvalue weighted by molar-refractivity contribution is 7.94. The van der Waals surface area contributed by atoms with Crippen molar-refractivity contribution in [2.45, 2.75) is 55.1 Å². The lowest BCUT2D eigenvalue weighted by atomic mass is 10.0. The van der Waals surface area contributed by atoms with Gasteiger partial charge in [0.1, 0.15) is 5.69 Å². The maximum Gasteiger partial charge on any atom is 0.272 e. The zero-order chi connectivity index (χ0) is 21.7. The molecule has 30 heavy (non-hydrogen) atoms. The molecule has 2 fully saturated rings. The van der Waals surface area contributed by atoms with E-state index in [1.165, 1.54) is 4.68 Å². The number of hydrogen-bond donors (Lipinski definition) is 2. The molecule has 10 nitrogen and oxygen atoms in total. The predicted octanol–water partition coefficient (Wildman–Crippen LogP) is -0.511. The second-order valence-corrected chi connectivity index (χ2v) is 11.6. The van der Waals surface area contributed by atoms with Crippen molar-refractivity contribution >= 4 is 21.7 Å². The van der Waals surface area contributed by atoms with Gasteiger partial charge in [0.2, 0.25) is 0 Å². The molecule has 0 saturated heterocycles. The molecule has 2 saturated carbocycles. The molecule has 2 heterocycles. The van der Waals surface area contributed by atoms with Gasteiger partial charge in [-0.2, -0.15) is 5.10 Å². The van der Waals surface area contributed by atoms with Crippen LogP contribution in [0.4, 0.5) is 0 Å². The Labute approximate surface area is 175 Å². The molecule has 0 spiro atoms. The summed E-state index contributed by atoms with van der Waals surface area (Å²) in [6.07, 6.45) is 2.89. The van der Waals surface area contributed by atoms with Crippen molar-refractivity contribution in [1.82, 2.24) is 14.7 Å². The van der Waals surface area contributed by atoms with Gasteiger partial charge in [0.05, 0.1) is 35.9 Å². The first-order valence-corrected chi connectivity index (χ1v) is 11.8. The van der Waals surface area contributed by atoms with Crippen LogP contribution in [-0.2, 0) is 27.5 Å². The Morgan fingerprint density at radius 1 is 1.27 bits per heavy atom. The van der Waals surface area contributed by atoms with Crippen molar-refractivity contribution in [1.29, 1.82) is 0 Å². The second-order valence-electron chi connectivity index (χ2n) is 8.71. The van der Waals surface area contributed by atoms with Gasteiger partial charge >= 0.3 is 0 Å². The van der Waals surface area contributed by atoms with E-state index in [-0.39, 0.29) is 50.2 Å². The number of aliphatic hydroxyl groups is 1. The van der Waals surface area contributed by atoms with Crippen molar-refractivity contribution in [3.8, 4) is 0 Å². The summed E-state index contributed by atoms with van der Waals surface area (Å²) in [5.74, 6) is -1.04. The molecule has 1 aliphatic heterocycles. The molecule has 0 aromatic carbocycles. The number of aromatic nitrogens is 2. The monoisotopic (exact) mass is 440 g/mol. The first-order chi connectivity index (χ1) is 14.2. The lowest BCUT2D eigenvalue weighted by Gasteiger charge is -2.32. The number of primary amides is 1. The average molecular weight is 441 g/mol. The van der Waals surface area contributed by atoms with Crippen LogP contribution in [0.2, 0.25) is 0 Å². The summed E-state index contributed by atoms with van der Waals surface area (Å²) in [6, 6.07) is 0. The van der Waals surface area contributed by atoms with Gasteiger partial charge < -0.3 is 20.5 Å². The van der Waals surface area contributed by atoms with Crippen molar-refractivity contribution in [2.24, 2.45) is 5.73 Å². The van der Waals surface area contributed by atoms with Gasteiger partial charge in [-0.25, -0.2) is 8.42 Å². The van der Waals surface area contributed by atoms with E-state index in [1.54, 1.807) is 11.8 Å². The standard InChI is InChI=1S/C19H28N4O6S/c1-18(3-4-18)30(27,28)19(5-6-19)12-22-7-2-13-14(16(20)25)21-23(15(13)17(22)26)8-10-29-11-9-24/h24H,2-12H2,1H3,(H2,20,25). The zero-order valence-electron chi connectivity index (χ0n) is 17.1. The topological polar surface area (TPSA) is 145 Å². The molecule has 166 valence electrons. The Hall–Kier alpha value is -1.98. The number of nitrogens with two attached hydrogens (primary N) is 1. The number of fused-ring (bicyclic) bond motifs is 1. The third kappa shape index (κ3) is 3.32. The summed E-state index contributed by atoms with van der Waals surface area (Å²) in [7, 11) is -3.33. The molecule has 0 radical (unpaired) electrons. The van der Waals surface area contributed by atoms with Gasteiger partial charge in [-0.1, -0.05) is 0 Å². The van der Waals surface area contributed by atoms with Gasteiger partial charge in [-0.05, 0) is 39.0 Å². The fraction of sp³-hybridized carbons (Fsp3) is 0.737. The molecule has 3 N–H and O–H groups in total. The lowest BCUT2D eigenvalue weighted by Crippen LogP contribution is -2.48. The molecule has 1 aromatic rings. The minimum absolute atomic E-state index is 0.0689. The fourth-order valence-corrected chi connectivity index (χ4v) is 6.92. The van der Waals surface area contributed by atoms with Crippen LogP contribution in [0, 0.1) is 0 Å². The fourth-order valence-electron chi connectivity index (χ4n) is 4.27. The maximum atomic E-state index is 13.3. The van der Waals surface area contributed by atoms with E-state index in [0.29, 0.717) is 44.2 Å². The highest BCUT2D eigenvalue weighted by atomic mass is 32.2. The van der Waals surface area contributed by atoms with Crippen molar-refractivity contribution < 1.29 is 27.9 Å². The quantitative estimate of drug-likeness (QED) is 0.466. The van der Waals surface area contributed by atoms with Crippen LogP contribution in [0.5, 0.6) is 0 Å². The van der Waals surface area contributed by atoms with E-state index < -0.39 is 25.2 Å². The molecule has 3 aliphatic rings. The largest absolute Gasteiger partial charge is 0.394 e. The summed E-state index contributed by atoms with van der Waals surface area (Å²) in [5, 5.41) is 13.0. The second kappa shape index (κ2) is 7.31. The first-order valence-electron chi connectivity index (χ1n) is 10.3. The molecule has 1 aromatic heterocycles.